The van der Waals surface area contributed by atoms with E-state index in [-0.39, 0.29) is 5.91 Å². The summed E-state index contributed by atoms with van der Waals surface area (Å²) in [6.45, 7) is 0. The molecule has 1 amide bonds. The Balaban J connectivity index is 1.82. The predicted octanol–water partition coefficient (Wildman–Crippen LogP) is 2.13. The summed E-state index contributed by atoms with van der Waals surface area (Å²) in [5.74, 6) is 0.421. The van der Waals surface area contributed by atoms with Crippen LogP contribution in [0.1, 0.15) is 10.4 Å². The van der Waals surface area contributed by atoms with E-state index in [1.165, 1.54) is 6.20 Å². The molecule has 0 aliphatic rings. The Hall–Kier alpha value is -3.02. The van der Waals surface area contributed by atoms with Crippen LogP contribution in [0.5, 0.6) is 0 Å². The maximum atomic E-state index is 12.1. The zero-order valence-electron chi connectivity index (χ0n) is 11.4. The van der Waals surface area contributed by atoms with Crippen molar-refractivity contribution in [1.29, 1.82) is 0 Å². The highest BCUT2D eigenvalue weighted by atomic mass is 16.1. The predicted molar refractivity (Wildman–Crippen MR) is 78.6 cm³/mol. The van der Waals surface area contributed by atoms with Crippen LogP contribution in [-0.4, -0.2) is 25.7 Å². The highest BCUT2D eigenvalue weighted by Gasteiger charge is 2.08. The maximum Gasteiger partial charge on any atom is 0.257 e. The topological polar surface area (TPSA) is 72.7 Å². The highest BCUT2D eigenvalue weighted by Crippen LogP contribution is 2.19. The van der Waals surface area contributed by atoms with E-state index in [4.69, 9.17) is 0 Å². The molecular formula is C15H13N5O. The molecule has 2 aromatic heterocycles. The number of nitrogens with one attached hydrogen (secondary N) is 1. The normalized spacial score (nSPS) is 10.3. The highest BCUT2D eigenvalue weighted by molar-refractivity contribution is 6.04. The molecule has 0 spiro atoms. The summed E-state index contributed by atoms with van der Waals surface area (Å²) in [5, 5.41) is 7.08. The van der Waals surface area contributed by atoms with Crippen LogP contribution in [0.15, 0.2) is 55.1 Å². The number of nitrogens with zero attached hydrogens (tertiary/aromatic N) is 4. The summed E-state index contributed by atoms with van der Waals surface area (Å²) in [7, 11) is 1.81. The van der Waals surface area contributed by atoms with Gasteiger partial charge in [-0.05, 0) is 24.3 Å². The van der Waals surface area contributed by atoms with Crippen LogP contribution in [0.25, 0.3) is 11.4 Å². The third kappa shape index (κ3) is 2.94. The van der Waals surface area contributed by atoms with E-state index in [1.807, 2.05) is 31.3 Å². The number of hydrogen-bond donors (Lipinski definition) is 1. The molecule has 21 heavy (non-hydrogen) atoms. The summed E-state index contributed by atoms with van der Waals surface area (Å²) in [4.78, 5) is 20.2. The number of rotatable bonds is 3. The van der Waals surface area contributed by atoms with Gasteiger partial charge in [0, 0.05) is 30.7 Å². The van der Waals surface area contributed by atoms with Gasteiger partial charge in [-0.1, -0.05) is 12.1 Å². The van der Waals surface area contributed by atoms with Crippen molar-refractivity contribution in [2.45, 2.75) is 0 Å². The molecular weight excluding hydrogens is 266 g/mol. The summed E-state index contributed by atoms with van der Waals surface area (Å²) < 4.78 is 1.64. The molecule has 1 N–H and O–H groups in total. The van der Waals surface area contributed by atoms with E-state index in [0.717, 1.165) is 5.56 Å². The molecule has 0 atom stereocenters. The lowest BCUT2D eigenvalue weighted by molar-refractivity contribution is 0.102. The van der Waals surface area contributed by atoms with Gasteiger partial charge in [-0.2, -0.15) is 5.10 Å². The number of aryl methyl sites for hydroxylation is 1. The standard InChI is InChI=1S/C15H13N5O/c1-20-10-17-14(19-20)11-4-2-6-13(8-11)18-15(21)12-5-3-7-16-9-12/h2-10H,1H3,(H,18,21). The molecule has 0 aliphatic carbocycles. The van der Waals surface area contributed by atoms with E-state index < -0.39 is 0 Å². The van der Waals surface area contributed by atoms with E-state index >= 15 is 0 Å². The van der Waals surface area contributed by atoms with Gasteiger partial charge in [0.2, 0.25) is 0 Å². The van der Waals surface area contributed by atoms with Crippen molar-refractivity contribution in [3.8, 4) is 11.4 Å². The van der Waals surface area contributed by atoms with Gasteiger partial charge in [0.25, 0.3) is 5.91 Å². The molecule has 104 valence electrons. The number of aromatic nitrogens is 4. The van der Waals surface area contributed by atoms with E-state index in [0.29, 0.717) is 17.1 Å². The Morgan fingerprint density at radius 1 is 1.24 bits per heavy atom. The monoisotopic (exact) mass is 279 g/mol. The summed E-state index contributed by atoms with van der Waals surface area (Å²) >= 11 is 0. The van der Waals surface area contributed by atoms with Gasteiger partial charge in [0.15, 0.2) is 5.82 Å². The molecule has 0 unspecified atom stereocenters. The average molecular weight is 279 g/mol. The van der Waals surface area contributed by atoms with Crippen molar-refractivity contribution in [2.24, 2.45) is 7.05 Å². The number of pyridine rings is 1. The van der Waals surface area contributed by atoms with Gasteiger partial charge in [-0.15, -0.1) is 0 Å². The smallest absolute Gasteiger partial charge is 0.257 e. The molecule has 1 aromatic carbocycles. The Bertz CT molecular complexity index is 766. The Morgan fingerprint density at radius 2 is 2.14 bits per heavy atom. The van der Waals surface area contributed by atoms with E-state index in [9.17, 15) is 4.79 Å². The van der Waals surface area contributed by atoms with Crippen molar-refractivity contribution in [2.75, 3.05) is 5.32 Å². The van der Waals surface area contributed by atoms with Gasteiger partial charge in [-0.3, -0.25) is 14.5 Å². The second-order valence-corrected chi connectivity index (χ2v) is 4.52. The Labute approximate surface area is 121 Å². The molecule has 2 heterocycles. The minimum Gasteiger partial charge on any atom is -0.322 e. The van der Waals surface area contributed by atoms with Gasteiger partial charge in [0.05, 0.1) is 5.56 Å². The lowest BCUT2D eigenvalue weighted by Gasteiger charge is -2.06. The molecule has 6 nitrogen and oxygen atoms in total. The largest absolute Gasteiger partial charge is 0.322 e. The van der Waals surface area contributed by atoms with E-state index in [1.54, 1.807) is 29.3 Å². The Kier molecular flexibility index (Phi) is 3.42. The number of carbonyl (C=O) groups excluding carboxylic acids is 1. The number of carbonyl (C=O) groups is 1. The summed E-state index contributed by atoms with van der Waals surface area (Å²) in [6.07, 6.45) is 4.79. The zero-order chi connectivity index (χ0) is 14.7. The number of anilines is 1. The van der Waals surface area contributed by atoms with Crippen molar-refractivity contribution in [3.05, 3.63) is 60.7 Å². The fourth-order valence-electron chi connectivity index (χ4n) is 1.91. The third-order valence-electron chi connectivity index (χ3n) is 2.90. The zero-order valence-corrected chi connectivity index (χ0v) is 11.4. The molecule has 0 saturated heterocycles. The molecule has 0 bridgehead atoms. The lowest BCUT2D eigenvalue weighted by atomic mass is 10.2. The SMILES string of the molecule is Cn1cnc(-c2cccc(NC(=O)c3cccnc3)c2)n1. The maximum absolute atomic E-state index is 12.1. The Morgan fingerprint density at radius 3 is 2.86 bits per heavy atom. The number of benzene rings is 1. The van der Waals surface area contributed by atoms with Crippen LogP contribution >= 0.6 is 0 Å². The molecule has 0 radical (unpaired) electrons. The van der Waals surface area contributed by atoms with Gasteiger partial charge in [0.1, 0.15) is 6.33 Å². The number of hydrogen-bond acceptors (Lipinski definition) is 4. The van der Waals surface area contributed by atoms with Gasteiger partial charge >= 0.3 is 0 Å². The average Bonchev–Trinajstić information content (AvgIpc) is 2.95. The first-order valence-electron chi connectivity index (χ1n) is 6.40. The molecule has 0 aliphatic heterocycles. The van der Waals surface area contributed by atoms with Crippen molar-refractivity contribution >= 4 is 11.6 Å². The van der Waals surface area contributed by atoms with Crippen LogP contribution < -0.4 is 5.32 Å². The summed E-state index contributed by atoms with van der Waals surface area (Å²) in [6, 6.07) is 10.8. The minimum atomic E-state index is -0.200. The van der Waals surface area contributed by atoms with Crippen LogP contribution in [0.2, 0.25) is 0 Å². The van der Waals surface area contributed by atoms with Crippen molar-refractivity contribution in [1.82, 2.24) is 19.7 Å². The fourth-order valence-corrected chi connectivity index (χ4v) is 1.91. The first kappa shape index (κ1) is 13.0. The second-order valence-electron chi connectivity index (χ2n) is 4.52. The van der Waals surface area contributed by atoms with Crippen LogP contribution in [0, 0.1) is 0 Å². The van der Waals surface area contributed by atoms with Gasteiger partial charge < -0.3 is 5.32 Å². The second kappa shape index (κ2) is 5.54. The molecule has 3 rings (SSSR count). The van der Waals surface area contributed by atoms with Crippen molar-refractivity contribution < 1.29 is 4.79 Å². The van der Waals surface area contributed by atoms with Crippen molar-refractivity contribution in [3.63, 3.8) is 0 Å². The van der Waals surface area contributed by atoms with Crippen LogP contribution in [0.3, 0.4) is 0 Å². The quantitative estimate of drug-likeness (QED) is 0.797. The van der Waals surface area contributed by atoms with Crippen LogP contribution in [0.4, 0.5) is 5.69 Å². The molecule has 6 heteroatoms. The third-order valence-corrected chi connectivity index (χ3v) is 2.90. The lowest BCUT2D eigenvalue weighted by Crippen LogP contribution is -2.11. The first-order chi connectivity index (χ1) is 10.2. The van der Waals surface area contributed by atoms with E-state index in [2.05, 4.69) is 20.4 Å². The minimum absolute atomic E-state index is 0.200. The fraction of sp³-hybridized carbons (Fsp3) is 0.0667. The molecule has 0 fully saturated rings. The molecule has 3 aromatic rings. The number of amides is 1. The molecule has 0 saturated carbocycles. The first-order valence-corrected chi connectivity index (χ1v) is 6.40. The van der Waals surface area contributed by atoms with Crippen LogP contribution in [-0.2, 0) is 7.05 Å². The van der Waals surface area contributed by atoms with Gasteiger partial charge in [-0.25, -0.2) is 4.98 Å². The summed E-state index contributed by atoms with van der Waals surface area (Å²) in [5.41, 5.74) is 2.05.